The molecule has 2 rings (SSSR count). The molecule has 6 heteroatoms. The van der Waals surface area contributed by atoms with Crippen molar-refractivity contribution in [2.45, 2.75) is 32.9 Å². The molecule has 6 nitrogen and oxygen atoms in total. The average molecular weight is 384 g/mol. The van der Waals surface area contributed by atoms with E-state index in [1.807, 2.05) is 62.4 Å². The molecule has 2 amide bonds. The number of nitrogens with zero attached hydrogens (tertiary/aromatic N) is 1. The molecule has 0 saturated heterocycles. The minimum atomic E-state index is -0.579. The highest BCUT2D eigenvalue weighted by atomic mass is 16.5. The highest BCUT2D eigenvalue weighted by Crippen LogP contribution is 2.18. The van der Waals surface area contributed by atoms with E-state index in [2.05, 4.69) is 5.32 Å². The van der Waals surface area contributed by atoms with Crippen LogP contribution in [0.25, 0.3) is 0 Å². The third-order valence-corrected chi connectivity index (χ3v) is 4.47. The van der Waals surface area contributed by atoms with E-state index in [0.29, 0.717) is 24.5 Å². The number of carbonyl (C=O) groups is 2. The van der Waals surface area contributed by atoms with E-state index in [1.165, 1.54) is 0 Å². The largest absolute Gasteiger partial charge is 0.497 e. The standard InChI is InChI=1S/C22H28N2O4/c1-5-20(22(26)23-3)24(14-17-9-7-10-18(13-17)27-4)21(25)15-28-19-11-6-8-16(2)12-19/h6-13,20H,5,14-15H2,1-4H3,(H,23,26). The predicted octanol–water partition coefficient (Wildman–Crippen LogP) is 2.94. The number of hydrogen-bond acceptors (Lipinski definition) is 4. The number of rotatable bonds is 9. The molecule has 0 aromatic heterocycles. The van der Waals surface area contributed by atoms with Gasteiger partial charge in [-0.3, -0.25) is 9.59 Å². The van der Waals surface area contributed by atoms with Gasteiger partial charge in [0.1, 0.15) is 17.5 Å². The second kappa shape index (κ2) is 10.3. The highest BCUT2D eigenvalue weighted by Gasteiger charge is 2.28. The Kier molecular flexibility index (Phi) is 7.87. The van der Waals surface area contributed by atoms with Crippen LogP contribution >= 0.6 is 0 Å². The van der Waals surface area contributed by atoms with E-state index in [4.69, 9.17) is 9.47 Å². The fourth-order valence-corrected chi connectivity index (χ4v) is 2.99. The van der Waals surface area contributed by atoms with Crippen molar-refractivity contribution in [2.24, 2.45) is 0 Å². The molecule has 0 aliphatic rings. The van der Waals surface area contributed by atoms with Gasteiger partial charge in [0.25, 0.3) is 5.91 Å². The fourth-order valence-electron chi connectivity index (χ4n) is 2.99. The Labute approximate surface area is 166 Å². The summed E-state index contributed by atoms with van der Waals surface area (Å²) in [6, 6.07) is 14.4. The van der Waals surface area contributed by atoms with Gasteiger partial charge in [-0.25, -0.2) is 0 Å². The summed E-state index contributed by atoms with van der Waals surface area (Å²) >= 11 is 0. The van der Waals surface area contributed by atoms with E-state index in [-0.39, 0.29) is 18.4 Å². The topological polar surface area (TPSA) is 67.9 Å². The maximum absolute atomic E-state index is 13.0. The summed E-state index contributed by atoms with van der Waals surface area (Å²) in [4.78, 5) is 26.9. The minimum Gasteiger partial charge on any atom is -0.497 e. The molecule has 2 aromatic rings. The number of aryl methyl sites for hydroxylation is 1. The van der Waals surface area contributed by atoms with Gasteiger partial charge in [-0.05, 0) is 48.7 Å². The van der Waals surface area contributed by atoms with E-state index >= 15 is 0 Å². The van der Waals surface area contributed by atoms with Crippen molar-refractivity contribution in [3.63, 3.8) is 0 Å². The Balaban J connectivity index is 2.20. The summed E-state index contributed by atoms with van der Waals surface area (Å²) in [6.45, 7) is 4.00. The quantitative estimate of drug-likeness (QED) is 0.722. The third kappa shape index (κ3) is 5.74. The molecule has 1 N–H and O–H groups in total. The Morgan fingerprint density at radius 2 is 1.82 bits per heavy atom. The molecule has 0 saturated carbocycles. The van der Waals surface area contributed by atoms with Gasteiger partial charge < -0.3 is 19.7 Å². The molecule has 0 fully saturated rings. The van der Waals surface area contributed by atoms with E-state index < -0.39 is 6.04 Å². The maximum Gasteiger partial charge on any atom is 0.261 e. The van der Waals surface area contributed by atoms with Gasteiger partial charge in [-0.1, -0.05) is 31.2 Å². The van der Waals surface area contributed by atoms with Crippen LogP contribution in [-0.2, 0) is 16.1 Å². The molecule has 0 radical (unpaired) electrons. The van der Waals surface area contributed by atoms with Gasteiger partial charge >= 0.3 is 0 Å². The first-order chi connectivity index (χ1) is 13.5. The first kappa shape index (κ1) is 21.3. The normalized spacial score (nSPS) is 11.4. The molecule has 150 valence electrons. The lowest BCUT2D eigenvalue weighted by molar-refractivity contribution is -0.142. The number of nitrogens with one attached hydrogen (secondary N) is 1. The molecular formula is C22H28N2O4. The van der Waals surface area contributed by atoms with E-state index in [1.54, 1.807) is 19.1 Å². The van der Waals surface area contributed by atoms with Crippen molar-refractivity contribution in [3.8, 4) is 11.5 Å². The lowest BCUT2D eigenvalue weighted by Gasteiger charge is -2.30. The molecule has 0 bridgehead atoms. The summed E-state index contributed by atoms with van der Waals surface area (Å²) < 4.78 is 10.9. The Hall–Kier alpha value is -3.02. The number of likely N-dealkylation sites (N-methyl/N-ethyl adjacent to an activating group) is 1. The maximum atomic E-state index is 13.0. The molecule has 1 atom stereocenters. The van der Waals surface area contributed by atoms with Crippen molar-refractivity contribution in [1.29, 1.82) is 0 Å². The lowest BCUT2D eigenvalue weighted by Crippen LogP contribution is -2.49. The van der Waals surface area contributed by atoms with Crippen molar-refractivity contribution in [2.75, 3.05) is 20.8 Å². The second-order valence-corrected chi connectivity index (χ2v) is 6.52. The van der Waals surface area contributed by atoms with Crippen LogP contribution in [0.4, 0.5) is 0 Å². The zero-order valence-corrected chi connectivity index (χ0v) is 16.9. The zero-order valence-electron chi connectivity index (χ0n) is 16.9. The molecule has 2 aromatic carbocycles. The van der Waals surface area contributed by atoms with Crippen LogP contribution in [0, 0.1) is 6.92 Å². The van der Waals surface area contributed by atoms with Crippen LogP contribution in [0.5, 0.6) is 11.5 Å². The van der Waals surface area contributed by atoms with Crippen molar-refractivity contribution < 1.29 is 19.1 Å². The molecular weight excluding hydrogens is 356 g/mol. The van der Waals surface area contributed by atoms with E-state index in [0.717, 1.165) is 11.1 Å². The van der Waals surface area contributed by atoms with Crippen LogP contribution in [0.2, 0.25) is 0 Å². The summed E-state index contributed by atoms with van der Waals surface area (Å²) in [5, 5.41) is 2.64. The molecule has 0 aliphatic carbocycles. The average Bonchev–Trinajstić information content (AvgIpc) is 2.71. The molecule has 28 heavy (non-hydrogen) atoms. The Morgan fingerprint density at radius 1 is 1.11 bits per heavy atom. The summed E-state index contributed by atoms with van der Waals surface area (Å²) in [7, 11) is 3.17. The first-order valence-corrected chi connectivity index (χ1v) is 9.32. The molecule has 0 heterocycles. The Morgan fingerprint density at radius 3 is 2.46 bits per heavy atom. The van der Waals surface area contributed by atoms with Crippen LogP contribution in [0.3, 0.4) is 0 Å². The molecule has 1 unspecified atom stereocenters. The lowest BCUT2D eigenvalue weighted by atomic mass is 10.1. The SMILES string of the molecule is CCC(C(=O)NC)N(Cc1cccc(OC)c1)C(=O)COc1cccc(C)c1. The summed E-state index contributed by atoms with van der Waals surface area (Å²) in [5.74, 6) is 0.880. The smallest absolute Gasteiger partial charge is 0.261 e. The number of methoxy groups -OCH3 is 1. The third-order valence-electron chi connectivity index (χ3n) is 4.47. The number of carbonyl (C=O) groups excluding carboxylic acids is 2. The highest BCUT2D eigenvalue weighted by molar-refractivity contribution is 5.88. The summed E-state index contributed by atoms with van der Waals surface area (Å²) in [5.41, 5.74) is 1.93. The first-order valence-electron chi connectivity index (χ1n) is 9.32. The van der Waals surface area contributed by atoms with Gasteiger partial charge in [-0.15, -0.1) is 0 Å². The van der Waals surface area contributed by atoms with Crippen molar-refractivity contribution >= 4 is 11.8 Å². The van der Waals surface area contributed by atoms with Crippen LogP contribution in [0.15, 0.2) is 48.5 Å². The van der Waals surface area contributed by atoms with Gasteiger partial charge in [-0.2, -0.15) is 0 Å². The van der Waals surface area contributed by atoms with Crippen molar-refractivity contribution in [1.82, 2.24) is 10.2 Å². The van der Waals surface area contributed by atoms with Gasteiger partial charge in [0.2, 0.25) is 5.91 Å². The van der Waals surface area contributed by atoms with Gasteiger partial charge in [0.15, 0.2) is 6.61 Å². The van der Waals surface area contributed by atoms with Crippen LogP contribution in [0.1, 0.15) is 24.5 Å². The molecule has 0 aliphatic heterocycles. The monoisotopic (exact) mass is 384 g/mol. The number of amides is 2. The minimum absolute atomic E-state index is 0.138. The number of ether oxygens (including phenoxy) is 2. The predicted molar refractivity (Wildman–Crippen MR) is 108 cm³/mol. The molecule has 0 spiro atoms. The van der Waals surface area contributed by atoms with Crippen LogP contribution < -0.4 is 14.8 Å². The van der Waals surface area contributed by atoms with Crippen LogP contribution in [-0.4, -0.2) is 43.5 Å². The van der Waals surface area contributed by atoms with Gasteiger partial charge in [0, 0.05) is 13.6 Å². The fraction of sp³-hybridized carbons (Fsp3) is 0.364. The summed E-state index contributed by atoms with van der Waals surface area (Å²) in [6.07, 6.45) is 0.500. The second-order valence-electron chi connectivity index (χ2n) is 6.52. The van der Waals surface area contributed by atoms with Crippen molar-refractivity contribution in [3.05, 3.63) is 59.7 Å². The zero-order chi connectivity index (χ0) is 20.5. The van der Waals surface area contributed by atoms with Gasteiger partial charge in [0.05, 0.1) is 7.11 Å². The Bertz CT molecular complexity index is 807. The number of benzene rings is 2. The van der Waals surface area contributed by atoms with E-state index in [9.17, 15) is 9.59 Å². The number of hydrogen-bond donors (Lipinski definition) is 1.